The van der Waals surface area contributed by atoms with Gasteiger partial charge in [-0.05, 0) is 26.7 Å². The molecule has 0 N–H and O–H groups in total. The molecule has 7 heteroatoms. The highest BCUT2D eigenvalue weighted by molar-refractivity contribution is 5.78. The Morgan fingerprint density at radius 2 is 2.16 bits per heavy atom. The summed E-state index contributed by atoms with van der Waals surface area (Å²) in [6.45, 7) is 4.26. The van der Waals surface area contributed by atoms with E-state index in [9.17, 15) is 4.79 Å². The van der Waals surface area contributed by atoms with E-state index in [0.29, 0.717) is 6.54 Å². The van der Waals surface area contributed by atoms with Crippen molar-refractivity contribution in [2.24, 2.45) is 0 Å². The summed E-state index contributed by atoms with van der Waals surface area (Å²) in [5.41, 5.74) is 4.24. The minimum Gasteiger partial charge on any atom is -0.331 e. The molecule has 25 heavy (non-hydrogen) atoms. The highest BCUT2D eigenvalue weighted by Crippen LogP contribution is 2.43. The van der Waals surface area contributed by atoms with Crippen LogP contribution >= 0.6 is 0 Å². The van der Waals surface area contributed by atoms with Gasteiger partial charge >= 0.3 is 0 Å². The third-order valence-corrected chi connectivity index (χ3v) is 5.55. The van der Waals surface area contributed by atoms with Crippen LogP contribution in [0.1, 0.15) is 41.7 Å². The number of imidazole rings is 1. The largest absolute Gasteiger partial charge is 0.331 e. The van der Waals surface area contributed by atoms with E-state index in [-0.39, 0.29) is 18.0 Å². The molecular weight excluding hydrogens is 316 g/mol. The van der Waals surface area contributed by atoms with E-state index in [4.69, 9.17) is 0 Å². The summed E-state index contributed by atoms with van der Waals surface area (Å²) < 4.78 is 3.88. The highest BCUT2D eigenvalue weighted by Gasteiger charge is 2.43. The van der Waals surface area contributed by atoms with Gasteiger partial charge in [-0.2, -0.15) is 5.10 Å². The van der Waals surface area contributed by atoms with Crippen LogP contribution in [0.4, 0.5) is 0 Å². The molecule has 0 aliphatic carbocycles. The molecular formula is C18H20N6O. The molecule has 2 atom stereocenters. The maximum Gasteiger partial charge on any atom is 0.243 e. The zero-order chi connectivity index (χ0) is 17.1. The lowest BCUT2D eigenvalue weighted by atomic mass is 9.99. The lowest BCUT2D eigenvalue weighted by Gasteiger charge is -2.36. The molecule has 2 aliphatic rings. The molecule has 1 fully saturated rings. The van der Waals surface area contributed by atoms with Crippen LogP contribution in [-0.2, 0) is 17.8 Å². The summed E-state index contributed by atoms with van der Waals surface area (Å²) in [4.78, 5) is 23.8. The average molecular weight is 336 g/mol. The van der Waals surface area contributed by atoms with Gasteiger partial charge in [0.15, 0.2) is 5.65 Å². The molecule has 1 amide bonds. The summed E-state index contributed by atoms with van der Waals surface area (Å²) in [5, 5.41) is 4.60. The molecule has 5 rings (SSSR count). The third-order valence-electron chi connectivity index (χ3n) is 5.55. The van der Waals surface area contributed by atoms with Crippen molar-refractivity contribution in [2.75, 3.05) is 0 Å². The number of rotatable bonds is 2. The summed E-state index contributed by atoms with van der Waals surface area (Å²) in [7, 11) is 0. The van der Waals surface area contributed by atoms with Crippen molar-refractivity contribution < 1.29 is 4.79 Å². The fraction of sp³-hybridized carbons (Fsp3) is 0.444. The molecule has 1 saturated heterocycles. The van der Waals surface area contributed by atoms with Crippen molar-refractivity contribution in [3.63, 3.8) is 0 Å². The summed E-state index contributed by atoms with van der Waals surface area (Å²) in [6.07, 6.45) is 8.44. The normalized spacial score (nSPS) is 21.8. The topological polar surface area (TPSA) is 68.3 Å². The van der Waals surface area contributed by atoms with Crippen LogP contribution in [0.15, 0.2) is 24.7 Å². The lowest BCUT2D eigenvalue weighted by Crippen LogP contribution is -2.44. The van der Waals surface area contributed by atoms with Gasteiger partial charge in [0.25, 0.3) is 0 Å². The van der Waals surface area contributed by atoms with Crippen molar-refractivity contribution >= 4 is 11.6 Å². The van der Waals surface area contributed by atoms with E-state index in [2.05, 4.69) is 20.0 Å². The quantitative estimate of drug-likeness (QED) is 0.716. The minimum atomic E-state index is 0.117. The van der Waals surface area contributed by atoms with Crippen LogP contribution in [0.3, 0.4) is 0 Å². The number of amides is 1. The maximum absolute atomic E-state index is 13.0. The fourth-order valence-electron chi connectivity index (χ4n) is 4.38. The maximum atomic E-state index is 13.0. The summed E-state index contributed by atoms with van der Waals surface area (Å²) in [6, 6.07) is 2.37. The molecule has 0 spiro atoms. The number of hydrogen-bond donors (Lipinski definition) is 0. The first kappa shape index (κ1) is 14.6. The van der Waals surface area contributed by atoms with Crippen LogP contribution in [-0.4, -0.2) is 41.0 Å². The monoisotopic (exact) mass is 336 g/mol. The molecule has 5 heterocycles. The van der Waals surface area contributed by atoms with Gasteiger partial charge in [-0.15, -0.1) is 0 Å². The van der Waals surface area contributed by atoms with Crippen molar-refractivity contribution in [2.45, 2.75) is 51.7 Å². The Bertz CT molecular complexity index is 987. The van der Waals surface area contributed by atoms with Crippen LogP contribution in [0.2, 0.25) is 0 Å². The van der Waals surface area contributed by atoms with Gasteiger partial charge < -0.3 is 9.47 Å². The number of hydrogen-bond acceptors (Lipinski definition) is 4. The Labute approximate surface area is 145 Å². The van der Waals surface area contributed by atoms with E-state index >= 15 is 0 Å². The molecule has 128 valence electrons. The second-order valence-corrected chi connectivity index (χ2v) is 7.07. The highest BCUT2D eigenvalue weighted by atomic mass is 16.2. The molecule has 0 aromatic carbocycles. The van der Waals surface area contributed by atoms with Crippen LogP contribution < -0.4 is 0 Å². The Morgan fingerprint density at radius 3 is 2.96 bits per heavy atom. The standard InChI is InChI=1S/C18H20N6O/c1-11-7-17-20-9-14-15-4-3-13(8-16(14)24(17)21-11)23(15)18(25)10-22-6-5-19-12(22)2/h5-7,9,13,15H,3-4,8,10H2,1-2H3/t13-,15-/m0/s1. The van der Waals surface area contributed by atoms with Gasteiger partial charge in [-0.1, -0.05) is 0 Å². The van der Waals surface area contributed by atoms with E-state index < -0.39 is 0 Å². The lowest BCUT2D eigenvalue weighted by molar-refractivity contribution is -0.135. The minimum absolute atomic E-state index is 0.117. The Morgan fingerprint density at radius 1 is 1.28 bits per heavy atom. The molecule has 3 aromatic rings. The van der Waals surface area contributed by atoms with E-state index in [1.807, 2.05) is 41.4 Å². The van der Waals surface area contributed by atoms with Crippen LogP contribution in [0, 0.1) is 13.8 Å². The molecule has 2 aliphatic heterocycles. The van der Waals surface area contributed by atoms with Gasteiger partial charge in [0.2, 0.25) is 5.91 Å². The molecule has 2 bridgehead atoms. The van der Waals surface area contributed by atoms with Gasteiger partial charge in [-0.25, -0.2) is 14.5 Å². The van der Waals surface area contributed by atoms with Crippen molar-refractivity contribution in [1.82, 2.24) is 29.0 Å². The number of aromatic nitrogens is 5. The third kappa shape index (κ3) is 2.11. The van der Waals surface area contributed by atoms with Gasteiger partial charge in [-0.3, -0.25) is 4.79 Å². The number of carbonyl (C=O) groups is 1. The Kier molecular flexibility index (Phi) is 3.01. The fourth-order valence-corrected chi connectivity index (χ4v) is 4.38. The van der Waals surface area contributed by atoms with Gasteiger partial charge in [0.1, 0.15) is 12.4 Å². The molecule has 7 nitrogen and oxygen atoms in total. The Balaban J connectivity index is 1.52. The SMILES string of the molecule is Cc1cc2ncc3c(n2n1)C[C@@H]1CC[C@@H]3N1C(=O)Cn1ccnc1C. The number of aryl methyl sites for hydroxylation is 2. The van der Waals surface area contributed by atoms with Crippen LogP contribution in [0.5, 0.6) is 0 Å². The second-order valence-electron chi connectivity index (χ2n) is 7.07. The van der Waals surface area contributed by atoms with Crippen LogP contribution in [0.25, 0.3) is 5.65 Å². The first-order valence-corrected chi connectivity index (χ1v) is 8.75. The van der Waals surface area contributed by atoms with Crippen molar-refractivity contribution in [1.29, 1.82) is 0 Å². The Hall–Kier alpha value is -2.70. The first-order valence-electron chi connectivity index (χ1n) is 8.75. The van der Waals surface area contributed by atoms with Gasteiger partial charge in [0.05, 0.1) is 17.4 Å². The molecule has 0 saturated carbocycles. The zero-order valence-electron chi connectivity index (χ0n) is 14.4. The van der Waals surface area contributed by atoms with E-state index in [1.54, 1.807) is 6.20 Å². The smallest absolute Gasteiger partial charge is 0.243 e. The zero-order valence-corrected chi connectivity index (χ0v) is 14.4. The van der Waals surface area contributed by atoms with Gasteiger partial charge in [0, 0.05) is 42.7 Å². The number of fused-ring (bicyclic) bond motifs is 6. The number of carbonyl (C=O) groups excluding carboxylic acids is 1. The molecule has 0 unspecified atom stereocenters. The summed E-state index contributed by atoms with van der Waals surface area (Å²) >= 11 is 0. The van der Waals surface area contributed by atoms with Crippen molar-refractivity contribution in [3.8, 4) is 0 Å². The summed E-state index contributed by atoms with van der Waals surface area (Å²) in [5.74, 6) is 1.03. The predicted molar refractivity (Wildman–Crippen MR) is 91.0 cm³/mol. The second kappa shape index (κ2) is 5.15. The molecule has 3 aromatic heterocycles. The number of nitrogens with zero attached hydrogens (tertiary/aromatic N) is 6. The van der Waals surface area contributed by atoms with E-state index in [1.165, 1.54) is 5.69 Å². The van der Waals surface area contributed by atoms with Crippen molar-refractivity contribution in [3.05, 3.63) is 47.4 Å². The predicted octanol–water partition coefficient (Wildman–Crippen LogP) is 1.83. The molecule has 0 radical (unpaired) electrons. The average Bonchev–Trinajstić information content (AvgIpc) is 3.25. The first-order chi connectivity index (χ1) is 12.1. The van der Waals surface area contributed by atoms with E-state index in [0.717, 1.165) is 42.0 Å².